The highest BCUT2D eigenvalue weighted by Gasteiger charge is 2.20. The van der Waals surface area contributed by atoms with Crippen LogP contribution in [0.15, 0.2) is 18.2 Å². The van der Waals surface area contributed by atoms with Crippen molar-refractivity contribution >= 4 is 11.6 Å². The molecular weight excluding hydrogens is 224 g/mol. The molecular formula is C15H18N2O. The van der Waals surface area contributed by atoms with Crippen molar-refractivity contribution in [3.63, 3.8) is 0 Å². The van der Waals surface area contributed by atoms with E-state index in [1.165, 1.54) is 16.8 Å². The minimum Gasteiger partial charge on any atom is -0.368 e. The number of piperazine rings is 1. The van der Waals surface area contributed by atoms with E-state index in [1.807, 2.05) is 0 Å². The van der Waals surface area contributed by atoms with E-state index in [0.717, 1.165) is 13.1 Å². The van der Waals surface area contributed by atoms with Gasteiger partial charge in [-0.2, -0.15) is 0 Å². The van der Waals surface area contributed by atoms with Gasteiger partial charge in [-0.25, -0.2) is 0 Å². The van der Waals surface area contributed by atoms with Crippen LogP contribution in [0.25, 0.3) is 0 Å². The highest BCUT2D eigenvalue weighted by molar-refractivity contribution is 5.93. The molecule has 1 aromatic carbocycles. The second-order valence-electron chi connectivity index (χ2n) is 4.71. The van der Waals surface area contributed by atoms with Crippen molar-refractivity contribution in [1.82, 2.24) is 4.90 Å². The number of nitrogens with zero attached hydrogens (tertiary/aromatic N) is 2. The molecule has 0 radical (unpaired) electrons. The fourth-order valence-corrected chi connectivity index (χ4v) is 2.30. The van der Waals surface area contributed by atoms with Crippen LogP contribution >= 0.6 is 0 Å². The molecule has 3 nitrogen and oxygen atoms in total. The normalized spacial score (nSPS) is 15.4. The molecule has 1 fully saturated rings. The van der Waals surface area contributed by atoms with E-state index in [1.54, 1.807) is 4.90 Å². The van der Waals surface area contributed by atoms with Crippen molar-refractivity contribution in [3.05, 3.63) is 29.3 Å². The summed E-state index contributed by atoms with van der Waals surface area (Å²) in [7, 11) is 0. The Morgan fingerprint density at radius 2 is 1.89 bits per heavy atom. The topological polar surface area (TPSA) is 23.6 Å². The summed E-state index contributed by atoms with van der Waals surface area (Å²) in [5.74, 6) is 1.98. The number of terminal acetylenes is 1. The van der Waals surface area contributed by atoms with Gasteiger partial charge in [-0.15, -0.1) is 6.42 Å². The summed E-state index contributed by atoms with van der Waals surface area (Å²) in [4.78, 5) is 15.5. The zero-order chi connectivity index (χ0) is 13.1. The lowest BCUT2D eigenvalue weighted by Gasteiger charge is -2.36. The van der Waals surface area contributed by atoms with Crippen LogP contribution in [-0.2, 0) is 4.79 Å². The van der Waals surface area contributed by atoms with Crippen molar-refractivity contribution in [3.8, 4) is 12.3 Å². The first kappa shape index (κ1) is 12.5. The van der Waals surface area contributed by atoms with Gasteiger partial charge in [0, 0.05) is 31.9 Å². The highest BCUT2D eigenvalue weighted by atomic mass is 16.2. The van der Waals surface area contributed by atoms with Crippen LogP contribution in [0, 0.1) is 26.2 Å². The summed E-state index contributed by atoms with van der Waals surface area (Å²) in [6.07, 6.45) is 5.14. The van der Waals surface area contributed by atoms with Crippen LogP contribution in [0.1, 0.15) is 11.1 Å². The number of benzene rings is 1. The summed E-state index contributed by atoms with van der Waals surface area (Å²) in [5, 5.41) is 0. The maximum absolute atomic E-state index is 11.4. The van der Waals surface area contributed by atoms with Gasteiger partial charge in [0.25, 0.3) is 5.91 Å². The number of aryl methyl sites for hydroxylation is 2. The van der Waals surface area contributed by atoms with Crippen molar-refractivity contribution in [2.75, 3.05) is 31.1 Å². The third-order valence-electron chi connectivity index (χ3n) is 3.40. The number of carbonyl (C=O) groups excluding carboxylic acids is 1. The van der Waals surface area contributed by atoms with Gasteiger partial charge in [-0.1, -0.05) is 12.1 Å². The molecule has 1 aliphatic rings. The lowest BCUT2D eigenvalue weighted by Crippen LogP contribution is -2.48. The van der Waals surface area contributed by atoms with Gasteiger partial charge in [0.05, 0.1) is 0 Å². The van der Waals surface area contributed by atoms with Crippen LogP contribution in [-0.4, -0.2) is 37.0 Å². The minimum atomic E-state index is -0.199. The lowest BCUT2D eigenvalue weighted by molar-refractivity contribution is -0.125. The number of amides is 1. The molecule has 1 amide bonds. The van der Waals surface area contributed by atoms with Crippen LogP contribution < -0.4 is 4.90 Å². The first-order valence-corrected chi connectivity index (χ1v) is 6.19. The van der Waals surface area contributed by atoms with E-state index in [9.17, 15) is 4.79 Å². The number of rotatable bonds is 1. The van der Waals surface area contributed by atoms with Gasteiger partial charge in [0.2, 0.25) is 0 Å². The van der Waals surface area contributed by atoms with Gasteiger partial charge >= 0.3 is 0 Å². The highest BCUT2D eigenvalue weighted by Crippen LogP contribution is 2.22. The molecule has 1 aromatic rings. The Labute approximate surface area is 108 Å². The average Bonchev–Trinajstić information content (AvgIpc) is 2.41. The number of hydrogen-bond donors (Lipinski definition) is 0. The quantitative estimate of drug-likeness (QED) is 0.698. The van der Waals surface area contributed by atoms with Gasteiger partial charge in [0.1, 0.15) is 0 Å². The zero-order valence-corrected chi connectivity index (χ0v) is 10.9. The van der Waals surface area contributed by atoms with Crippen molar-refractivity contribution in [2.45, 2.75) is 13.8 Å². The number of anilines is 1. The Balaban J connectivity index is 2.08. The zero-order valence-electron chi connectivity index (χ0n) is 10.9. The molecule has 0 atom stereocenters. The first-order valence-electron chi connectivity index (χ1n) is 6.19. The second kappa shape index (κ2) is 5.14. The summed E-state index contributed by atoms with van der Waals surface area (Å²) >= 11 is 0. The smallest absolute Gasteiger partial charge is 0.298 e. The molecule has 2 rings (SSSR count). The Morgan fingerprint density at radius 1 is 1.22 bits per heavy atom. The molecule has 0 spiro atoms. The maximum Gasteiger partial charge on any atom is 0.298 e. The second-order valence-corrected chi connectivity index (χ2v) is 4.71. The SMILES string of the molecule is C#CC(=O)N1CCN(c2cc(C)ccc2C)CC1. The summed E-state index contributed by atoms with van der Waals surface area (Å²) < 4.78 is 0. The number of carbonyl (C=O) groups is 1. The third-order valence-corrected chi connectivity index (χ3v) is 3.40. The Kier molecular flexibility index (Phi) is 3.57. The van der Waals surface area contributed by atoms with E-state index in [-0.39, 0.29) is 5.91 Å². The molecule has 18 heavy (non-hydrogen) atoms. The maximum atomic E-state index is 11.4. The lowest BCUT2D eigenvalue weighted by atomic mass is 10.1. The first-order chi connectivity index (χ1) is 8.61. The predicted octanol–water partition coefficient (Wildman–Crippen LogP) is 1.59. The molecule has 0 bridgehead atoms. The van der Waals surface area contributed by atoms with Crippen LogP contribution in [0.2, 0.25) is 0 Å². The van der Waals surface area contributed by atoms with E-state index in [4.69, 9.17) is 6.42 Å². The third kappa shape index (κ3) is 2.48. The van der Waals surface area contributed by atoms with Crippen molar-refractivity contribution in [1.29, 1.82) is 0 Å². The monoisotopic (exact) mass is 242 g/mol. The molecule has 94 valence electrons. The van der Waals surface area contributed by atoms with E-state index in [2.05, 4.69) is 42.9 Å². The van der Waals surface area contributed by atoms with Crippen molar-refractivity contribution in [2.24, 2.45) is 0 Å². The average molecular weight is 242 g/mol. The fourth-order valence-electron chi connectivity index (χ4n) is 2.30. The summed E-state index contributed by atoms with van der Waals surface area (Å²) in [5.41, 5.74) is 3.80. The van der Waals surface area contributed by atoms with Gasteiger partial charge < -0.3 is 9.80 Å². The molecule has 0 aliphatic carbocycles. The molecule has 0 aromatic heterocycles. The fraction of sp³-hybridized carbons (Fsp3) is 0.400. The Bertz CT molecular complexity index is 494. The van der Waals surface area contributed by atoms with Crippen molar-refractivity contribution < 1.29 is 4.79 Å². The summed E-state index contributed by atoms with van der Waals surface area (Å²) in [6, 6.07) is 6.47. The molecule has 1 saturated heterocycles. The Morgan fingerprint density at radius 3 is 2.50 bits per heavy atom. The minimum absolute atomic E-state index is 0.199. The number of hydrogen-bond acceptors (Lipinski definition) is 2. The van der Waals surface area contributed by atoms with Crippen LogP contribution in [0.4, 0.5) is 5.69 Å². The van der Waals surface area contributed by atoms with E-state index < -0.39 is 0 Å². The molecule has 1 heterocycles. The molecule has 3 heteroatoms. The van der Waals surface area contributed by atoms with E-state index >= 15 is 0 Å². The Hall–Kier alpha value is -1.95. The summed E-state index contributed by atoms with van der Waals surface area (Å²) in [6.45, 7) is 7.32. The van der Waals surface area contributed by atoms with Crippen LogP contribution in [0.3, 0.4) is 0 Å². The molecule has 0 N–H and O–H groups in total. The predicted molar refractivity (Wildman–Crippen MR) is 73.5 cm³/mol. The van der Waals surface area contributed by atoms with E-state index in [0.29, 0.717) is 13.1 Å². The van der Waals surface area contributed by atoms with Gasteiger partial charge in [-0.3, -0.25) is 4.79 Å². The van der Waals surface area contributed by atoms with Gasteiger partial charge in [-0.05, 0) is 37.0 Å². The molecule has 0 saturated carbocycles. The van der Waals surface area contributed by atoms with Crippen LogP contribution in [0.5, 0.6) is 0 Å². The largest absolute Gasteiger partial charge is 0.368 e. The molecule has 0 unspecified atom stereocenters. The molecule has 1 aliphatic heterocycles. The standard InChI is InChI=1S/C15H18N2O/c1-4-15(18)17-9-7-16(8-10-17)14-11-12(2)5-6-13(14)3/h1,5-6,11H,7-10H2,2-3H3. The van der Waals surface area contributed by atoms with Gasteiger partial charge in [0.15, 0.2) is 0 Å².